The highest BCUT2D eigenvalue weighted by Gasteiger charge is 2.21. The number of fused-ring (bicyclic) bond motifs is 10. The van der Waals surface area contributed by atoms with E-state index in [9.17, 15) is 0 Å². The highest BCUT2D eigenvalue weighted by Crippen LogP contribution is 2.46. The molecule has 11 rings (SSSR count). The molecule has 0 saturated heterocycles. The predicted octanol–water partition coefficient (Wildman–Crippen LogP) is 15.1. The van der Waals surface area contributed by atoms with Crippen LogP contribution in [-0.4, -0.2) is 0 Å². The van der Waals surface area contributed by atoms with Crippen LogP contribution in [0.15, 0.2) is 192 Å². The Kier molecular flexibility index (Phi) is 6.76. The van der Waals surface area contributed by atoms with Crippen molar-refractivity contribution >= 4 is 92.1 Å². The standard InChI is InChI=1S/C50H31NOS/c1-2-9-32(10-3-1)33-19-24-38(25-20-33)51(39-26-21-34(22-27-39)36-23-28-41-37(31-36)18-17-35-11-4-5-12-40(35)41)45-15-8-14-42-43-29-30-47-48(50(43)52-49(42)45)44-13-6-7-16-46(44)53-47/h1-31H. The largest absolute Gasteiger partial charge is 0.453 e. The van der Waals surface area contributed by atoms with E-state index in [4.69, 9.17) is 4.42 Å². The molecule has 0 atom stereocenters. The number of thiophene rings is 1. The summed E-state index contributed by atoms with van der Waals surface area (Å²) in [6.45, 7) is 0. The van der Waals surface area contributed by atoms with Gasteiger partial charge in [0.25, 0.3) is 0 Å². The van der Waals surface area contributed by atoms with Crippen LogP contribution in [0.5, 0.6) is 0 Å². The van der Waals surface area contributed by atoms with E-state index in [1.165, 1.54) is 64.0 Å². The lowest BCUT2D eigenvalue weighted by molar-refractivity contribution is 0.673. The molecule has 53 heavy (non-hydrogen) atoms. The SMILES string of the molecule is c1ccc(-c2ccc(N(c3ccc(-c4ccc5c(ccc6ccccc65)c4)cc3)c3cccc4c3oc3c4ccc4sc5ccccc5c43)cc2)cc1. The molecule has 9 aromatic carbocycles. The molecule has 11 aromatic rings. The van der Waals surface area contributed by atoms with Crippen molar-refractivity contribution in [2.45, 2.75) is 0 Å². The lowest BCUT2D eigenvalue weighted by Crippen LogP contribution is -2.10. The molecule has 0 radical (unpaired) electrons. The Balaban J connectivity index is 1.07. The van der Waals surface area contributed by atoms with Crippen LogP contribution < -0.4 is 4.90 Å². The Bertz CT molecular complexity index is 3150. The predicted molar refractivity (Wildman–Crippen MR) is 227 cm³/mol. The zero-order valence-corrected chi connectivity index (χ0v) is 29.5. The topological polar surface area (TPSA) is 16.4 Å². The van der Waals surface area contributed by atoms with Gasteiger partial charge in [0, 0.05) is 42.3 Å². The van der Waals surface area contributed by atoms with Gasteiger partial charge in [0.1, 0.15) is 5.58 Å². The van der Waals surface area contributed by atoms with Gasteiger partial charge in [-0.3, -0.25) is 0 Å². The van der Waals surface area contributed by atoms with Crippen molar-refractivity contribution in [2.24, 2.45) is 0 Å². The molecule has 0 aliphatic heterocycles. The van der Waals surface area contributed by atoms with Crippen molar-refractivity contribution in [3.05, 3.63) is 188 Å². The molecule has 0 spiro atoms. The summed E-state index contributed by atoms with van der Waals surface area (Å²) in [6.07, 6.45) is 0. The Morgan fingerprint density at radius 2 is 0.943 bits per heavy atom. The summed E-state index contributed by atoms with van der Waals surface area (Å²) in [5.74, 6) is 0. The van der Waals surface area contributed by atoms with Crippen molar-refractivity contribution in [3.63, 3.8) is 0 Å². The third kappa shape index (κ3) is 4.86. The number of nitrogens with zero attached hydrogens (tertiary/aromatic N) is 1. The van der Waals surface area contributed by atoms with E-state index in [0.717, 1.165) is 39.0 Å². The van der Waals surface area contributed by atoms with Crippen LogP contribution in [0, 0.1) is 0 Å². The number of furan rings is 1. The van der Waals surface area contributed by atoms with Gasteiger partial charge in [-0.2, -0.15) is 0 Å². The molecule has 0 N–H and O–H groups in total. The molecule has 2 nitrogen and oxygen atoms in total. The molecule has 0 bridgehead atoms. The smallest absolute Gasteiger partial charge is 0.159 e. The molecule has 2 aromatic heterocycles. The summed E-state index contributed by atoms with van der Waals surface area (Å²) in [5.41, 5.74) is 9.71. The Hall–Kier alpha value is -6.68. The maximum absolute atomic E-state index is 7.01. The summed E-state index contributed by atoms with van der Waals surface area (Å²) in [5, 5.41) is 9.75. The molecule has 3 heteroatoms. The van der Waals surface area contributed by atoms with Gasteiger partial charge in [-0.05, 0) is 98.4 Å². The van der Waals surface area contributed by atoms with E-state index >= 15 is 0 Å². The second kappa shape index (κ2) is 11.9. The number of para-hydroxylation sites is 1. The fourth-order valence-electron chi connectivity index (χ4n) is 8.08. The zero-order chi connectivity index (χ0) is 34.9. The molecule has 0 unspecified atom stereocenters. The molecule has 0 saturated carbocycles. The summed E-state index contributed by atoms with van der Waals surface area (Å²) < 4.78 is 9.52. The average molecular weight is 694 g/mol. The Morgan fingerprint density at radius 1 is 0.358 bits per heavy atom. The lowest BCUT2D eigenvalue weighted by Gasteiger charge is -2.26. The second-order valence-electron chi connectivity index (χ2n) is 13.7. The maximum atomic E-state index is 7.01. The van der Waals surface area contributed by atoms with E-state index in [1.807, 2.05) is 11.3 Å². The van der Waals surface area contributed by atoms with Crippen molar-refractivity contribution < 1.29 is 4.42 Å². The molecule has 0 amide bonds. The average Bonchev–Trinajstić information content (AvgIpc) is 3.81. The first kappa shape index (κ1) is 30.0. The molecule has 248 valence electrons. The number of benzene rings is 9. The summed E-state index contributed by atoms with van der Waals surface area (Å²) in [4.78, 5) is 2.33. The van der Waals surface area contributed by atoms with Gasteiger partial charge in [0.05, 0.1) is 5.69 Å². The zero-order valence-electron chi connectivity index (χ0n) is 28.7. The Morgan fingerprint density at radius 3 is 1.75 bits per heavy atom. The third-order valence-electron chi connectivity index (χ3n) is 10.7. The van der Waals surface area contributed by atoms with Gasteiger partial charge in [-0.25, -0.2) is 0 Å². The normalized spacial score (nSPS) is 11.8. The van der Waals surface area contributed by atoms with Gasteiger partial charge in [0.2, 0.25) is 0 Å². The van der Waals surface area contributed by atoms with Crippen molar-refractivity contribution in [3.8, 4) is 22.3 Å². The van der Waals surface area contributed by atoms with Crippen LogP contribution >= 0.6 is 11.3 Å². The number of anilines is 3. The fraction of sp³-hybridized carbons (Fsp3) is 0. The van der Waals surface area contributed by atoms with Crippen LogP contribution in [0.1, 0.15) is 0 Å². The van der Waals surface area contributed by atoms with Gasteiger partial charge >= 0.3 is 0 Å². The number of rotatable bonds is 5. The number of hydrogen-bond donors (Lipinski definition) is 0. The fourth-order valence-corrected chi connectivity index (χ4v) is 9.19. The highest BCUT2D eigenvalue weighted by atomic mass is 32.1. The first-order valence-corrected chi connectivity index (χ1v) is 18.8. The number of hydrogen-bond acceptors (Lipinski definition) is 3. The molecule has 2 heterocycles. The highest BCUT2D eigenvalue weighted by molar-refractivity contribution is 7.26. The molecule has 0 aliphatic carbocycles. The van der Waals surface area contributed by atoms with Crippen molar-refractivity contribution in [1.29, 1.82) is 0 Å². The van der Waals surface area contributed by atoms with E-state index in [0.29, 0.717) is 0 Å². The third-order valence-corrected chi connectivity index (χ3v) is 11.8. The van der Waals surface area contributed by atoms with Crippen molar-refractivity contribution in [1.82, 2.24) is 0 Å². The molecular weight excluding hydrogens is 663 g/mol. The van der Waals surface area contributed by atoms with Gasteiger partial charge < -0.3 is 9.32 Å². The van der Waals surface area contributed by atoms with Crippen LogP contribution in [0.25, 0.3) is 85.9 Å². The molecule has 0 fully saturated rings. The minimum absolute atomic E-state index is 0.878. The first-order chi connectivity index (χ1) is 26.3. The second-order valence-corrected chi connectivity index (χ2v) is 14.8. The van der Waals surface area contributed by atoms with Crippen molar-refractivity contribution in [2.75, 3.05) is 4.90 Å². The van der Waals surface area contributed by atoms with Crippen LogP contribution in [0.2, 0.25) is 0 Å². The van der Waals surface area contributed by atoms with Gasteiger partial charge in [-0.15, -0.1) is 11.3 Å². The first-order valence-electron chi connectivity index (χ1n) is 18.0. The minimum atomic E-state index is 0.878. The molecular formula is C50H31NOS. The van der Waals surface area contributed by atoms with Gasteiger partial charge in [-0.1, -0.05) is 133 Å². The lowest BCUT2D eigenvalue weighted by atomic mass is 9.97. The van der Waals surface area contributed by atoms with E-state index < -0.39 is 0 Å². The molecule has 0 aliphatic rings. The Labute approximate surface area is 310 Å². The van der Waals surface area contributed by atoms with Crippen LogP contribution in [0.4, 0.5) is 17.1 Å². The summed E-state index contributed by atoms with van der Waals surface area (Å²) in [7, 11) is 0. The van der Waals surface area contributed by atoms with Crippen LogP contribution in [-0.2, 0) is 0 Å². The van der Waals surface area contributed by atoms with E-state index in [2.05, 4.69) is 193 Å². The quantitative estimate of drug-likeness (QED) is 0.167. The van der Waals surface area contributed by atoms with Crippen LogP contribution in [0.3, 0.4) is 0 Å². The summed E-state index contributed by atoms with van der Waals surface area (Å²) >= 11 is 1.82. The summed E-state index contributed by atoms with van der Waals surface area (Å²) in [6, 6.07) is 67.9. The van der Waals surface area contributed by atoms with E-state index in [-0.39, 0.29) is 0 Å². The maximum Gasteiger partial charge on any atom is 0.159 e. The van der Waals surface area contributed by atoms with E-state index in [1.54, 1.807) is 0 Å². The van der Waals surface area contributed by atoms with Gasteiger partial charge in [0.15, 0.2) is 5.58 Å². The monoisotopic (exact) mass is 693 g/mol. The minimum Gasteiger partial charge on any atom is -0.453 e.